The Bertz CT molecular complexity index is 607. The predicted octanol–water partition coefficient (Wildman–Crippen LogP) is 1.03. The van der Waals surface area contributed by atoms with Crippen LogP contribution in [0, 0.1) is 0 Å². The van der Waals surface area contributed by atoms with Crippen molar-refractivity contribution in [3.8, 4) is 0 Å². The predicted molar refractivity (Wildman–Crippen MR) is 70.4 cm³/mol. The number of nitrogens with zero attached hydrogens (tertiary/aromatic N) is 1. The maximum absolute atomic E-state index is 12.4. The van der Waals surface area contributed by atoms with E-state index in [2.05, 4.69) is 0 Å². The maximum Gasteiger partial charge on any atom is 0.243 e. The fraction of sp³-hybridized carbons (Fsp3) is 0.462. The number of carbonyl (C=O) groups excluding carboxylic acids is 1. The van der Waals surface area contributed by atoms with E-state index in [1.165, 1.54) is 23.4 Å². The summed E-state index contributed by atoms with van der Waals surface area (Å²) >= 11 is 0. The van der Waals surface area contributed by atoms with Crippen LogP contribution in [0.15, 0.2) is 29.2 Å². The van der Waals surface area contributed by atoms with Gasteiger partial charge in [-0.3, -0.25) is 4.79 Å². The summed E-state index contributed by atoms with van der Waals surface area (Å²) in [4.78, 5) is 11.4. The second-order valence-corrected chi connectivity index (χ2v) is 7.11. The van der Waals surface area contributed by atoms with Crippen molar-refractivity contribution in [2.45, 2.75) is 30.8 Å². The van der Waals surface area contributed by atoms with Gasteiger partial charge in [-0.05, 0) is 32.4 Å². The van der Waals surface area contributed by atoms with Gasteiger partial charge in [-0.25, -0.2) is 8.42 Å². The van der Waals surface area contributed by atoms with Gasteiger partial charge in [-0.1, -0.05) is 12.1 Å². The van der Waals surface area contributed by atoms with Crippen LogP contribution in [-0.2, 0) is 10.0 Å². The third-order valence-corrected chi connectivity index (χ3v) is 5.14. The summed E-state index contributed by atoms with van der Waals surface area (Å²) in [6.45, 7) is 3.39. The van der Waals surface area contributed by atoms with Gasteiger partial charge >= 0.3 is 0 Å². The molecule has 0 saturated carbocycles. The molecular formula is C13H17NO4S. The van der Waals surface area contributed by atoms with Crippen LogP contribution in [0.25, 0.3) is 0 Å². The zero-order chi connectivity index (χ0) is 14.3. The lowest BCUT2D eigenvalue weighted by atomic mass is 10.1. The molecule has 6 heteroatoms. The average molecular weight is 283 g/mol. The highest BCUT2D eigenvalue weighted by Gasteiger charge is 2.38. The van der Waals surface area contributed by atoms with Gasteiger partial charge in [0.2, 0.25) is 10.0 Å². The molecule has 1 unspecified atom stereocenters. The number of rotatable bonds is 3. The Balaban J connectivity index is 2.35. The number of hydrogen-bond acceptors (Lipinski definition) is 4. The van der Waals surface area contributed by atoms with Crippen LogP contribution in [-0.4, -0.2) is 42.3 Å². The van der Waals surface area contributed by atoms with E-state index in [0.717, 1.165) is 0 Å². The molecule has 0 aromatic heterocycles. The molecule has 1 heterocycles. The molecule has 1 aliphatic heterocycles. The minimum atomic E-state index is -3.64. The lowest BCUT2D eigenvalue weighted by molar-refractivity contribution is 0.0762. The normalized spacial score (nSPS) is 24.6. The topological polar surface area (TPSA) is 74.7 Å². The molecule has 1 N–H and O–H groups in total. The van der Waals surface area contributed by atoms with E-state index in [9.17, 15) is 18.3 Å². The van der Waals surface area contributed by atoms with Gasteiger partial charge in [0.1, 0.15) is 0 Å². The Hall–Kier alpha value is -1.24. The van der Waals surface area contributed by atoms with Crippen molar-refractivity contribution in [2.24, 2.45) is 0 Å². The van der Waals surface area contributed by atoms with E-state index in [0.29, 0.717) is 18.5 Å². The van der Waals surface area contributed by atoms with Crippen molar-refractivity contribution < 1.29 is 18.3 Å². The fourth-order valence-electron chi connectivity index (χ4n) is 2.13. The Morgan fingerprint density at radius 1 is 1.42 bits per heavy atom. The van der Waals surface area contributed by atoms with Crippen molar-refractivity contribution in [3.63, 3.8) is 0 Å². The number of sulfonamides is 1. The first-order chi connectivity index (χ1) is 8.72. The highest BCUT2D eigenvalue weighted by Crippen LogP contribution is 2.27. The van der Waals surface area contributed by atoms with Crippen LogP contribution < -0.4 is 0 Å². The smallest absolute Gasteiger partial charge is 0.243 e. The molecule has 0 amide bonds. The molecule has 1 aliphatic rings. The van der Waals surface area contributed by atoms with Crippen LogP contribution in [0.5, 0.6) is 0 Å². The number of hydrogen-bond donors (Lipinski definition) is 1. The summed E-state index contributed by atoms with van der Waals surface area (Å²) < 4.78 is 26.1. The van der Waals surface area contributed by atoms with Gasteiger partial charge in [0.05, 0.1) is 10.5 Å². The monoisotopic (exact) mass is 283 g/mol. The van der Waals surface area contributed by atoms with E-state index >= 15 is 0 Å². The highest BCUT2D eigenvalue weighted by atomic mass is 32.2. The summed E-state index contributed by atoms with van der Waals surface area (Å²) in [5.41, 5.74) is -0.613. The molecule has 0 radical (unpaired) electrons. The molecule has 0 bridgehead atoms. The Morgan fingerprint density at radius 3 is 2.63 bits per heavy atom. The Kier molecular flexibility index (Phi) is 3.51. The van der Waals surface area contributed by atoms with Crippen LogP contribution in [0.3, 0.4) is 0 Å². The molecule has 1 saturated heterocycles. The zero-order valence-electron chi connectivity index (χ0n) is 11.0. The van der Waals surface area contributed by atoms with E-state index < -0.39 is 15.6 Å². The molecule has 1 aromatic carbocycles. The van der Waals surface area contributed by atoms with Crippen LogP contribution in [0.1, 0.15) is 30.6 Å². The standard InChI is InChI=1S/C13H17NO4S/c1-10(15)11-4-3-5-12(8-11)19(17,18)14-7-6-13(2,16)9-14/h3-5,8,16H,6-7,9H2,1-2H3. The quantitative estimate of drug-likeness (QED) is 0.841. The molecule has 0 aliphatic carbocycles. The molecule has 1 fully saturated rings. The first-order valence-electron chi connectivity index (χ1n) is 6.06. The lowest BCUT2D eigenvalue weighted by Crippen LogP contribution is -2.34. The van der Waals surface area contributed by atoms with Crippen LogP contribution in [0.4, 0.5) is 0 Å². The first kappa shape index (κ1) is 14.2. The number of Topliss-reactive ketones (excluding diaryl/α,β-unsaturated/α-hetero) is 1. The summed E-state index contributed by atoms with van der Waals surface area (Å²) in [6, 6.07) is 5.98. The first-order valence-corrected chi connectivity index (χ1v) is 7.50. The average Bonchev–Trinajstić information content (AvgIpc) is 2.70. The van der Waals surface area contributed by atoms with Crippen molar-refractivity contribution >= 4 is 15.8 Å². The van der Waals surface area contributed by atoms with E-state index in [-0.39, 0.29) is 17.2 Å². The molecule has 2 rings (SSSR count). The third kappa shape index (κ3) is 2.86. The van der Waals surface area contributed by atoms with Crippen molar-refractivity contribution in [1.82, 2.24) is 4.31 Å². The second kappa shape index (κ2) is 4.70. The third-order valence-electron chi connectivity index (χ3n) is 3.30. The largest absolute Gasteiger partial charge is 0.389 e. The Labute approximate surface area is 112 Å². The highest BCUT2D eigenvalue weighted by molar-refractivity contribution is 7.89. The van der Waals surface area contributed by atoms with E-state index in [4.69, 9.17) is 0 Å². The minimum absolute atomic E-state index is 0.0830. The van der Waals surface area contributed by atoms with Gasteiger partial charge in [-0.2, -0.15) is 4.31 Å². The van der Waals surface area contributed by atoms with Gasteiger partial charge in [0.15, 0.2) is 5.78 Å². The molecule has 1 aromatic rings. The van der Waals surface area contributed by atoms with Crippen LogP contribution in [0.2, 0.25) is 0 Å². The fourth-order valence-corrected chi connectivity index (χ4v) is 3.74. The van der Waals surface area contributed by atoms with Gasteiger partial charge in [0.25, 0.3) is 0 Å². The Morgan fingerprint density at radius 2 is 2.11 bits per heavy atom. The molecule has 1 atom stereocenters. The minimum Gasteiger partial charge on any atom is -0.389 e. The van der Waals surface area contributed by atoms with Crippen molar-refractivity contribution in [1.29, 1.82) is 0 Å². The lowest BCUT2D eigenvalue weighted by Gasteiger charge is -2.19. The van der Waals surface area contributed by atoms with Gasteiger partial charge in [0, 0.05) is 18.7 Å². The number of ketones is 1. The van der Waals surface area contributed by atoms with Gasteiger partial charge < -0.3 is 5.11 Å². The summed E-state index contributed by atoms with van der Waals surface area (Å²) in [6.07, 6.45) is 0.415. The number of carbonyl (C=O) groups is 1. The summed E-state index contributed by atoms with van der Waals surface area (Å²) in [7, 11) is -3.64. The van der Waals surface area contributed by atoms with Crippen molar-refractivity contribution in [2.75, 3.05) is 13.1 Å². The number of aliphatic hydroxyl groups is 1. The molecule has 19 heavy (non-hydrogen) atoms. The molecule has 104 valence electrons. The maximum atomic E-state index is 12.4. The van der Waals surface area contributed by atoms with Gasteiger partial charge in [-0.15, -0.1) is 0 Å². The molecular weight excluding hydrogens is 266 g/mol. The van der Waals surface area contributed by atoms with Crippen molar-refractivity contribution in [3.05, 3.63) is 29.8 Å². The summed E-state index contributed by atoms with van der Waals surface area (Å²) in [5, 5.41) is 9.86. The van der Waals surface area contributed by atoms with E-state index in [1.54, 1.807) is 19.1 Å². The van der Waals surface area contributed by atoms with Crippen LogP contribution >= 0.6 is 0 Å². The molecule has 5 nitrogen and oxygen atoms in total. The number of β-amino-alcohol motifs (C(OH)–C–C–N with tert-alkyl or cyclic N) is 1. The zero-order valence-corrected chi connectivity index (χ0v) is 11.8. The number of benzene rings is 1. The summed E-state index contributed by atoms with van der Waals surface area (Å²) in [5.74, 6) is -0.175. The SMILES string of the molecule is CC(=O)c1cccc(S(=O)(=O)N2CCC(C)(O)C2)c1. The van der Waals surface area contributed by atoms with E-state index in [1.807, 2.05) is 0 Å². The molecule has 0 spiro atoms. The second-order valence-electron chi connectivity index (χ2n) is 5.17.